The van der Waals surface area contributed by atoms with Gasteiger partial charge in [-0.2, -0.15) is 0 Å². The van der Waals surface area contributed by atoms with Crippen LogP contribution in [0.3, 0.4) is 0 Å². The van der Waals surface area contributed by atoms with Crippen LogP contribution in [0, 0.1) is 5.82 Å². The Morgan fingerprint density at radius 2 is 2.09 bits per heavy atom. The van der Waals surface area contributed by atoms with Crippen LogP contribution < -0.4 is 0 Å². The normalized spacial score (nSPS) is 16.8. The Kier molecular flexibility index (Phi) is 4.33. The summed E-state index contributed by atoms with van der Waals surface area (Å²) in [5.74, 6) is -0.815. The van der Waals surface area contributed by atoms with Gasteiger partial charge in [0, 0.05) is 9.90 Å². The van der Waals surface area contributed by atoms with Crippen molar-refractivity contribution in [2.24, 2.45) is 0 Å². The summed E-state index contributed by atoms with van der Waals surface area (Å²) in [7, 11) is 0. The molecule has 0 N–H and O–H groups in total. The number of halogens is 2. The lowest BCUT2D eigenvalue weighted by Crippen LogP contribution is -2.27. The van der Waals surface area contributed by atoms with Crippen molar-refractivity contribution in [1.29, 1.82) is 0 Å². The maximum absolute atomic E-state index is 13.0. The Morgan fingerprint density at radius 1 is 1.27 bits per heavy atom. The van der Waals surface area contributed by atoms with Crippen LogP contribution in [0.1, 0.15) is 10.4 Å². The number of rotatable bonds is 3. The summed E-state index contributed by atoms with van der Waals surface area (Å²) in [6, 6.07) is 7.64. The van der Waals surface area contributed by atoms with Gasteiger partial charge in [-0.1, -0.05) is 23.7 Å². The molecule has 3 nitrogen and oxygen atoms in total. The molecular formula is C15H9ClFNO2S2. The summed E-state index contributed by atoms with van der Waals surface area (Å²) in [5, 5.41) is 1.74. The molecule has 1 fully saturated rings. The summed E-state index contributed by atoms with van der Waals surface area (Å²) in [5.41, 5.74) is 0.530. The van der Waals surface area contributed by atoms with Crippen LogP contribution in [0.15, 0.2) is 40.6 Å². The van der Waals surface area contributed by atoms with E-state index in [1.54, 1.807) is 6.08 Å². The van der Waals surface area contributed by atoms with Gasteiger partial charge < -0.3 is 0 Å². The fraction of sp³-hybridized carbons (Fsp3) is 0.0667. The minimum Gasteiger partial charge on any atom is -0.268 e. The predicted octanol–water partition coefficient (Wildman–Crippen LogP) is 4.78. The molecule has 2 amide bonds. The largest absolute Gasteiger partial charge is 0.293 e. The van der Waals surface area contributed by atoms with Crippen molar-refractivity contribution in [2.45, 2.75) is 6.54 Å². The molecule has 22 heavy (non-hydrogen) atoms. The minimum atomic E-state index is -0.458. The van der Waals surface area contributed by atoms with Crippen molar-refractivity contribution in [3.05, 3.63) is 61.9 Å². The monoisotopic (exact) mass is 353 g/mol. The number of imide groups is 1. The van der Waals surface area contributed by atoms with Crippen LogP contribution in [-0.4, -0.2) is 16.0 Å². The number of nitrogens with zero attached hydrogens (tertiary/aromatic N) is 1. The van der Waals surface area contributed by atoms with E-state index in [1.165, 1.54) is 23.5 Å². The second kappa shape index (κ2) is 6.24. The van der Waals surface area contributed by atoms with E-state index in [2.05, 4.69) is 0 Å². The molecule has 1 aliphatic heterocycles. The Balaban J connectivity index is 1.83. The number of hydrogen-bond acceptors (Lipinski definition) is 4. The molecule has 0 radical (unpaired) electrons. The van der Waals surface area contributed by atoms with Gasteiger partial charge in [0.1, 0.15) is 5.82 Å². The molecule has 1 aliphatic rings. The third kappa shape index (κ3) is 3.09. The zero-order valence-corrected chi connectivity index (χ0v) is 13.5. The molecule has 1 aromatic carbocycles. The van der Waals surface area contributed by atoms with E-state index in [4.69, 9.17) is 11.6 Å². The SMILES string of the molecule is O=C1S/C(=C/c2cccs2)C(=O)N1Cc1ccc(F)cc1Cl. The van der Waals surface area contributed by atoms with Gasteiger partial charge in [-0.15, -0.1) is 11.3 Å². The van der Waals surface area contributed by atoms with E-state index in [0.717, 1.165) is 27.6 Å². The molecule has 0 saturated carbocycles. The Morgan fingerprint density at radius 3 is 2.77 bits per heavy atom. The van der Waals surface area contributed by atoms with Gasteiger partial charge in [-0.05, 0) is 47.0 Å². The van der Waals surface area contributed by atoms with Crippen molar-refractivity contribution < 1.29 is 14.0 Å². The molecule has 0 atom stereocenters. The second-order valence-corrected chi connectivity index (χ2v) is 6.90. The quantitative estimate of drug-likeness (QED) is 0.745. The first kappa shape index (κ1) is 15.3. The smallest absolute Gasteiger partial charge is 0.268 e. The fourth-order valence-electron chi connectivity index (χ4n) is 1.96. The van der Waals surface area contributed by atoms with Crippen LogP contribution in [0.5, 0.6) is 0 Å². The van der Waals surface area contributed by atoms with Gasteiger partial charge in [-0.25, -0.2) is 4.39 Å². The van der Waals surface area contributed by atoms with E-state index in [0.29, 0.717) is 10.5 Å². The summed E-state index contributed by atoms with van der Waals surface area (Å²) in [4.78, 5) is 26.8. The van der Waals surface area contributed by atoms with E-state index in [-0.39, 0.29) is 22.7 Å². The fourth-order valence-corrected chi connectivity index (χ4v) is 3.75. The van der Waals surface area contributed by atoms with Crippen molar-refractivity contribution in [1.82, 2.24) is 4.90 Å². The van der Waals surface area contributed by atoms with Crippen LogP contribution in [0.25, 0.3) is 6.08 Å². The molecule has 2 heterocycles. The van der Waals surface area contributed by atoms with E-state index >= 15 is 0 Å². The number of thioether (sulfide) groups is 1. The second-order valence-electron chi connectivity index (χ2n) is 4.52. The Hall–Kier alpha value is -1.63. The van der Waals surface area contributed by atoms with E-state index in [1.807, 2.05) is 17.5 Å². The first-order chi connectivity index (χ1) is 10.5. The number of carbonyl (C=O) groups is 2. The first-order valence-electron chi connectivity index (χ1n) is 6.27. The average Bonchev–Trinajstić information content (AvgIpc) is 3.06. The van der Waals surface area contributed by atoms with Crippen LogP contribution in [0.4, 0.5) is 9.18 Å². The molecule has 1 saturated heterocycles. The molecule has 0 bridgehead atoms. The topological polar surface area (TPSA) is 37.4 Å². The first-order valence-corrected chi connectivity index (χ1v) is 8.35. The molecule has 1 aromatic heterocycles. The van der Waals surface area contributed by atoms with Gasteiger partial charge in [0.2, 0.25) is 0 Å². The zero-order chi connectivity index (χ0) is 15.7. The average molecular weight is 354 g/mol. The third-order valence-electron chi connectivity index (χ3n) is 3.03. The highest BCUT2D eigenvalue weighted by atomic mass is 35.5. The van der Waals surface area contributed by atoms with Crippen molar-refractivity contribution >= 4 is 51.9 Å². The molecule has 3 rings (SSSR count). The van der Waals surface area contributed by atoms with Crippen molar-refractivity contribution in [3.8, 4) is 0 Å². The van der Waals surface area contributed by atoms with Crippen LogP contribution in [0.2, 0.25) is 5.02 Å². The van der Waals surface area contributed by atoms with Crippen molar-refractivity contribution in [2.75, 3.05) is 0 Å². The molecule has 0 spiro atoms. The number of carbonyl (C=O) groups excluding carboxylic acids is 2. The highest BCUT2D eigenvalue weighted by molar-refractivity contribution is 8.18. The van der Waals surface area contributed by atoms with E-state index in [9.17, 15) is 14.0 Å². The molecular weight excluding hydrogens is 345 g/mol. The number of benzene rings is 1. The maximum Gasteiger partial charge on any atom is 0.293 e. The summed E-state index contributed by atoms with van der Waals surface area (Å²) >= 11 is 8.33. The summed E-state index contributed by atoms with van der Waals surface area (Å²) in [6.45, 7) is 0.0333. The zero-order valence-electron chi connectivity index (χ0n) is 11.1. The molecule has 0 aliphatic carbocycles. The standard InChI is InChI=1S/C15H9ClFNO2S2/c16-12-6-10(17)4-3-9(12)8-18-14(19)13(22-15(18)20)7-11-2-1-5-21-11/h1-7H,8H2/b13-7+. The highest BCUT2D eigenvalue weighted by Crippen LogP contribution is 2.34. The molecule has 112 valence electrons. The van der Waals surface area contributed by atoms with E-state index < -0.39 is 5.82 Å². The maximum atomic E-state index is 13.0. The molecule has 2 aromatic rings. The summed E-state index contributed by atoms with van der Waals surface area (Å²) < 4.78 is 13.0. The van der Waals surface area contributed by atoms with Gasteiger partial charge in [-0.3, -0.25) is 14.5 Å². The number of amides is 2. The lowest BCUT2D eigenvalue weighted by Gasteiger charge is -2.13. The lowest BCUT2D eigenvalue weighted by molar-refractivity contribution is -0.123. The third-order valence-corrected chi connectivity index (χ3v) is 5.11. The van der Waals surface area contributed by atoms with Gasteiger partial charge in [0.15, 0.2) is 0 Å². The van der Waals surface area contributed by atoms with Crippen molar-refractivity contribution in [3.63, 3.8) is 0 Å². The Bertz CT molecular complexity index is 774. The van der Waals surface area contributed by atoms with Gasteiger partial charge in [0.25, 0.3) is 11.1 Å². The Labute approximate surface area is 139 Å². The number of hydrogen-bond donors (Lipinski definition) is 0. The molecule has 7 heteroatoms. The molecule has 0 unspecified atom stereocenters. The highest BCUT2D eigenvalue weighted by Gasteiger charge is 2.35. The van der Waals surface area contributed by atoms with Gasteiger partial charge >= 0.3 is 0 Å². The summed E-state index contributed by atoms with van der Waals surface area (Å²) in [6.07, 6.45) is 1.70. The minimum absolute atomic E-state index is 0.0333. The lowest BCUT2D eigenvalue weighted by atomic mass is 10.2. The predicted molar refractivity (Wildman–Crippen MR) is 87.2 cm³/mol. The van der Waals surface area contributed by atoms with Gasteiger partial charge in [0.05, 0.1) is 11.4 Å². The number of thiophene rings is 1. The van der Waals surface area contributed by atoms with Crippen LogP contribution >= 0.6 is 34.7 Å². The van der Waals surface area contributed by atoms with Crippen LogP contribution in [-0.2, 0) is 11.3 Å².